The number of likely N-dealkylation sites (N-methyl/N-ethyl adjacent to an activating group) is 1. The predicted molar refractivity (Wildman–Crippen MR) is 82.0 cm³/mol. The fourth-order valence-corrected chi connectivity index (χ4v) is 2.23. The summed E-state index contributed by atoms with van der Waals surface area (Å²) in [5.74, 6) is 0.996. The smallest absolute Gasteiger partial charge is 0.226 e. The number of carbonyl (C=O) groups is 1. The summed E-state index contributed by atoms with van der Waals surface area (Å²) in [6.07, 6.45) is 1.74. The second-order valence-corrected chi connectivity index (χ2v) is 5.47. The van der Waals surface area contributed by atoms with Gasteiger partial charge < -0.3 is 15.1 Å². The molecule has 2 rings (SSSR count). The van der Waals surface area contributed by atoms with Gasteiger partial charge in [-0.2, -0.15) is 0 Å². The monoisotopic (exact) mass is 276 g/mol. The van der Waals surface area contributed by atoms with Crippen molar-refractivity contribution in [3.05, 3.63) is 18.3 Å². The van der Waals surface area contributed by atoms with Gasteiger partial charge in [0.1, 0.15) is 5.82 Å². The molecule has 5 nitrogen and oxygen atoms in total. The molecule has 0 aliphatic carbocycles. The number of nitrogens with one attached hydrogen (secondary N) is 1. The number of aromatic nitrogens is 1. The molecule has 1 amide bonds. The van der Waals surface area contributed by atoms with E-state index in [9.17, 15) is 4.79 Å². The Kier molecular flexibility index (Phi) is 4.95. The molecule has 1 aromatic heterocycles. The second kappa shape index (κ2) is 6.70. The normalized spacial score (nSPS) is 16.5. The van der Waals surface area contributed by atoms with Gasteiger partial charge in [-0.3, -0.25) is 4.79 Å². The van der Waals surface area contributed by atoms with Crippen LogP contribution >= 0.6 is 0 Å². The molecule has 0 bridgehead atoms. The summed E-state index contributed by atoms with van der Waals surface area (Å²) in [6.45, 7) is 11.3. The maximum absolute atomic E-state index is 11.6. The van der Waals surface area contributed by atoms with E-state index in [2.05, 4.69) is 27.0 Å². The first-order chi connectivity index (χ1) is 9.60. The Hall–Kier alpha value is -1.62. The van der Waals surface area contributed by atoms with Crippen LogP contribution in [0.3, 0.4) is 0 Å². The van der Waals surface area contributed by atoms with Crippen LogP contribution in [0.4, 0.5) is 11.5 Å². The third kappa shape index (κ3) is 3.70. The maximum atomic E-state index is 11.6. The third-order valence-electron chi connectivity index (χ3n) is 3.68. The molecule has 2 heterocycles. The van der Waals surface area contributed by atoms with Crippen LogP contribution in [0.5, 0.6) is 0 Å². The summed E-state index contributed by atoms with van der Waals surface area (Å²) in [5, 5.41) is 2.86. The van der Waals surface area contributed by atoms with Gasteiger partial charge in [-0.25, -0.2) is 4.98 Å². The highest BCUT2D eigenvalue weighted by Gasteiger charge is 2.16. The number of pyridine rings is 1. The maximum Gasteiger partial charge on any atom is 0.226 e. The zero-order chi connectivity index (χ0) is 14.5. The zero-order valence-corrected chi connectivity index (χ0v) is 12.6. The number of carbonyl (C=O) groups excluding carboxylic acids is 1. The standard InChI is InChI=1S/C15H24N4O/c1-4-18-7-9-19(10-8-18)14-6-5-13(11-16-14)17-15(20)12(2)3/h5-6,11-12H,4,7-10H2,1-3H3,(H,17,20). The Morgan fingerprint density at radius 3 is 2.50 bits per heavy atom. The van der Waals surface area contributed by atoms with Gasteiger partial charge in [-0.15, -0.1) is 0 Å². The Balaban J connectivity index is 1.93. The van der Waals surface area contributed by atoms with Gasteiger partial charge in [0.15, 0.2) is 0 Å². The van der Waals surface area contributed by atoms with E-state index in [-0.39, 0.29) is 11.8 Å². The average molecular weight is 276 g/mol. The van der Waals surface area contributed by atoms with Crippen LogP contribution < -0.4 is 10.2 Å². The molecule has 0 saturated carbocycles. The van der Waals surface area contributed by atoms with Crippen molar-refractivity contribution >= 4 is 17.4 Å². The molecule has 0 radical (unpaired) electrons. The molecule has 5 heteroatoms. The van der Waals surface area contributed by atoms with Crippen LogP contribution in [0.25, 0.3) is 0 Å². The van der Waals surface area contributed by atoms with Gasteiger partial charge in [0.2, 0.25) is 5.91 Å². The molecular weight excluding hydrogens is 252 g/mol. The highest BCUT2D eigenvalue weighted by Crippen LogP contribution is 2.16. The van der Waals surface area contributed by atoms with Crippen LogP contribution in [-0.4, -0.2) is 48.5 Å². The number of rotatable bonds is 4. The third-order valence-corrected chi connectivity index (χ3v) is 3.68. The van der Waals surface area contributed by atoms with E-state index in [1.165, 1.54) is 0 Å². The van der Waals surface area contributed by atoms with E-state index in [4.69, 9.17) is 0 Å². The lowest BCUT2D eigenvalue weighted by Crippen LogP contribution is -2.46. The number of piperazine rings is 1. The topological polar surface area (TPSA) is 48.5 Å². The van der Waals surface area contributed by atoms with Gasteiger partial charge >= 0.3 is 0 Å². The Labute approximate surface area is 121 Å². The number of nitrogens with zero attached hydrogens (tertiary/aromatic N) is 3. The van der Waals surface area contributed by atoms with E-state index in [0.29, 0.717) is 0 Å². The van der Waals surface area contributed by atoms with Crippen molar-refractivity contribution in [2.24, 2.45) is 5.92 Å². The van der Waals surface area contributed by atoms with Crippen molar-refractivity contribution in [3.63, 3.8) is 0 Å². The Morgan fingerprint density at radius 1 is 1.30 bits per heavy atom. The largest absolute Gasteiger partial charge is 0.354 e. The minimum atomic E-state index is -0.0169. The molecule has 1 aliphatic rings. The molecule has 0 unspecified atom stereocenters. The van der Waals surface area contributed by atoms with Gasteiger partial charge in [0, 0.05) is 32.1 Å². The summed E-state index contributed by atoms with van der Waals surface area (Å²) in [5.41, 5.74) is 0.764. The molecule has 0 atom stereocenters. The minimum Gasteiger partial charge on any atom is -0.354 e. The van der Waals surface area contributed by atoms with Gasteiger partial charge in [0.25, 0.3) is 0 Å². The van der Waals surface area contributed by atoms with Crippen molar-refractivity contribution in [2.75, 3.05) is 42.9 Å². The summed E-state index contributed by atoms with van der Waals surface area (Å²) in [7, 11) is 0. The first-order valence-corrected chi connectivity index (χ1v) is 7.34. The lowest BCUT2D eigenvalue weighted by atomic mass is 10.2. The lowest BCUT2D eigenvalue weighted by Gasteiger charge is -2.34. The summed E-state index contributed by atoms with van der Waals surface area (Å²) < 4.78 is 0. The van der Waals surface area contributed by atoms with Crippen LogP contribution in [0.2, 0.25) is 0 Å². The van der Waals surface area contributed by atoms with Gasteiger partial charge in [-0.1, -0.05) is 20.8 Å². The number of hydrogen-bond acceptors (Lipinski definition) is 4. The van der Waals surface area contributed by atoms with Crippen molar-refractivity contribution in [1.29, 1.82) is 0 Å². The summed E-state index contributed by atoms with van der Waals surface area (Å²) in [6, 6.07) is 3.91. The molecule has 1 N–H and O–H groups in total. The molecule has 1 fully saturated rings. The van der Waals surface area contributed by atoms with Gasteiger partial charge in [0.05, 0.1) is 11.9 Å². The number of hydrogen-bond donors (Lipinski definition) is 1. The van der Waals surface area contributed by atoms with Crippen LogP contribution in [-0.2, 0) is 4.79 Å². The highest BCUT2D eigenvalue weighted by molar-refractivity contribution is 5.91. The summed E-state index contributed by atoms with van der Waals surface area (Å²) in [4.78, 5) is 20.8. The van der Waals surface area contributed by atoms with Crippen molar-refractivity contribution in [2.45, 2.75) is 20.8 Å². The quantitative estimate of drug-likeness (QED) is 0.911. The Morgan fingerprint density at radius 2 is 2.00 bits per heavy atom. The average Bonchev–Trinajstić information content (AvgIpc) is 2.48. The first-order valence-electron chi connectivity index (χ1n) is 7.34. The van der Waals surface area contributed by atoms with Crippen molar-refractivity contribution in [3.8, 4) is 0 Å². The predicted octanol–water partition coefficient (Wildman–Crippen LogP) is 1.82. The number of anilines is 2. The molecule has 0 aromatic carbocycles. The minimum absolute atomic E-state index is 0.0169. The van der Waals surface area contributed by atoms with Crippen LogP contribution in [0.15, 0.2) is 18.3 Å². The van der Waals surface area contributed by atoms with E-state index in [0.717, 1.165) is 44.2 Å². The fraction of sp³-hybridized carbons (Fsp3) is 0.600. The molecule has 1 aliphatic heterocycles. The van der Waals surface area contributed by atoms with Crippen LogP contribution in [0, 0.1) is 5.92 Å². The molecular formula is C15H24N4O. The molecule has 0 spiro atoms. The molecule has 110 valence electrons. The van der Waals surface area contributed by atoms with Crippen molar-refractivity contribution in [1.82, 2.24) is 9.88 Å². The highest BCUT2D eigenvalue weighted by atomic mass is 16.1. The van der Waals surface area contributed by atoms with E-state index < -0.39 is 0 Å². The molecule has 20 heavy (non-hydrogen) atoms. The van der Waals surface area contributed by atoms with Gasteiger partial charge in [-0.05, 0) is 18.7 Å². The molecule has 1 aromatic rings. The summed E-state index contributed by atoms with van der Waals surface area (Å²) >= 11 is 0. The first kappa shape index (κ1) is 14.8. The zero-order valence-electron chi connectivity index (χ0n) is 12.6. The van der Waals surface area contributed by atoms with E-state index >= 15 is 0 Å². The van der Waals surface area contributed by atoms with E-state index in [1.54, 1.807) is 6.20 Å². The van der Waals surface area contributed by atoms with Crippen molar-refractivity contribution < 1.29 is 4.79 Å². The van der Waals surface area contributed by atoms with Crippen LogP contribution in [0.1, 0.15) is 20.8 Å². The number of amides is 1. The fourth-order valence-electron chi connectivity index (χ4n) is 2.23. The van der Waals surface area contributed by atoms with E-state index in [1.807, 2.05) is 26.0 Å². The second-order valence-electron chi connectivity index (χ2n) is 5.47. The SMILES string of the molecule is CCN1CCN(c2ccc(NC(=O)C(C)C)cn2)CC1. The Bertz CT molecular complexity index is 436. The lowest BCUT2D eigenvalue weighted by molar-refractivity contribution is -0.118. The molecule has 1 saturated heterocycles.